The van der Waals surface area contributed by atoms with Crippen LogP contribution in [0.25, 0.3) is 0 Å². The minimum atomic E-state index is -0.0999. The second-order valence-corrected chi connectivity index (χ2v) is 5.80. The van der Waals surface area contributed by atoms with Crippen LogP contribution in [0, 0.1) is 5.92 Å². The van der Waals surface area contributed by atoms with E-state index in [9.17, 15) is 9.59 Å². The Kier molecular flexibility index (Phi) is 5.23. The van der Waals surface area contributed by atoms with Gasteiger partial charge in [-0.1, -0.05) is 55.5 Å². The van der Waals surface area contributed by atoms with Crippen molar-refractivity contribution in [2.75, 3.05) is 20.6 Å². The van der Waals surface area contributed by atoms with Gasteiger partial charge in [-0.3, -0.25) is 9.59 Å². The van der Waals surface area contributed by atoms with Gasteiger partial charge in [-0.05, 0) is 20.2 Å². The maximum atomic E-state index is 12.5. The largest absolute Gasteiger partial charge is 0.309 e. The standard InChI is InChI=1S/C19H21NO2/c1-14(13-20(2)3)18(21)16-10-7-11-17(12-16)19(22)15-8-5-4-6-9-15/h4-12,14H,13H2,1-3H3. The van der Waals surface area contributed by atoms with Crippen LogP contribution in [0.4, 0.5) is 0 Å². The van der Waals surface area contributed by atoms with Gasteiger partial charge in [-0.15, -0.1) is 0 Å². The number of hydrogen-bond acceptors (Lipinski definition) is 3. The molecule has 0 saturated carbocycles. The Morgan fingerprint density at radius 1 is 0.909 bits per heavy atom. The monoisotopic (exact) mass is 295 g/mol. The van der Waals surface area contributed by atoms with E-state index >= 15 is 0 Å². The fraction of sp³-hybridized carbons (Fsp3) is 0.263. The maximum Gasteiger partial charge on any atom is 0.193 e. The van der Waals surface area contributed by atoms with Crippen molar-refractivity contribution in [2.45, 2.75) is 6.92 Å². The highest BCUT2D eigenvalue weighted by molar-refractivity contribution is 6.10. The Morgan fingerprint density at radius 3 is 2.14 bits per heavy atom. The van der Waals surface area contributed by atoms with Gasteiger partial charge in [-0.25, -0.2) is 0 Å². The molecule has 0 heterocycles. The van der Waals surface area contributed by atoms with Crippen LogP contribution in [0.5, 0.6) is 0 Å². The molecule has 22 heavy (non-hydrogen) atoms. The van der Waals surface area contributed by atoms with E-state index in [1.807, 2.05) is 44.1 Å². The Bertz CT molecular complexity index is 662. The molecule has 0 aromatic heterocycles. The minimum absolute atomic E-state index is 0.0597. The van der Waals surface area contributed by atoms with Gasteiger partial charge in [0, 0.05) is 29.2 Å². The second-order valence-electron chi connectivity index (χ2n) is 5.80. The van der Waals surface area contributed by atoms with Crippen LogP contribution in [0.15, 0.2) is 54.6 Å². The lowest BCUT2D eigenvalue weighted by Gasteiger charge is -2.16. The van der Waals surface area contributed by atoms with Gasteiger partial charge >= 0.3 is 0 Å². The Morgan fingerprint density at radius 2 is 1.50 bits per heavy atom. The number of ketones is 2. The molecular formula is C19H21NO2. The molecule has 0 N–H and O–H groups in total. The summed E-state index contributed by atoms with van der Waals surface area (Å²) in [7, 11) is 3.89. The van der Waals surface area contributed by atoms with Crippen molar-refractivity contribution in [3.05, 3.63) is 71.3 Å². The summed E-state index contributed by atoms with van der Waals surface area (Å²) in [6.45, 7) is 2.60. The van der Waals surface area contributed by atoms with E-state index in [-0.39, 0.29) is 17.5 Å². The van der Waals surface area contributed by atoms with Gasteiger partial charge in [0.1, 0.15) is 0 Å². The number of benzene rings is 2. The molecule has 0 saturated heterocycles. The highest BCUT2D eigenvalue weighted by Crippen LogP contribution is 2.15. The summed E-state index contributed by atoms with van der Waals surface area (Å²) in [5.41, 5.74) is 1.78. The summed E-state index contributed by atoms with van der Waals surface area (Å²) in [6, 6.07) is 16.1. The predicted molar refractivity (Wildman–Crippen MR) is 88.4 cm³/mol. The van der Waals surface area contributed by atoms with E-state index in [1.165, 1.54) is 0 Å². The fourth-order valence-electron chi connectivity index (χ4n) is 2.49. The van der Waals surface area contributed by atoms with Crippen LogP contribution in [-0.4, -0.2) is 37.1 Å². The summed E-state index contributed by atoms with van der Waals surface area (Å²) in [5.74, 6) is -0.0935. The Balaban J connectivity index is 2.23. The van der Waals surface area contributed by atoms with Crippen molar-refractivity contribution < 1.29 is 9.59 Å². The van der Waals surface area contributed by atoms with Gasteiger partial charge in [0.15, 0.2) is 11.6 Å². The van der Waals surface area contributed by atoms with Crippen molar-refractivity contribution in [1.29, 1.82) is 0 Å². The molecule has 2 rings (SSSR count). The van der Waals surface area contributed by atoms with E-state index in [4.69, 9.17) is 0 Å². The van der Waals surface area contributed by atoms with Crippen LogP contribution in [0.2, 0.25) is 0 Å². The molecule has 0 aliphatic heterocycles. The number of Topliss-reactive ketones (excluding diaryl/α,β-unsaturated/α-hetero) is 1. The first-order chi connectivity index (χ1) is 10.5. The molecule has 1 atom stereocenters. The third-order valence-electron chi connectivity index (χ3n) is 3.53. The molecule has 0 spiro atoms. The summed E-state index contributed by atoms with van der Waals surface area (Å²) < 4.78 is 0. The van der Waals surface area contributed by atoms with Crippen molar-refractivity contribution in [2.24, 2.45) is 5.92 Å². The quantitative estimate of drug-likeness (QED) is 0.767. The van der Waals surface area contributed by atoms with Crippen molar-refractivity contribution >= 4 is 11.6 Å². The van der Waals surface area contributed by atoms with Crippen LogP contribution in [0.1, 0.15) is 33.2 Å². The van der Waals surface area contributed by atoms with Crippen LogP contribution in [-0.2, 0) is 0 Å². The number of hydrogen-bond donors (Lipinski definition) is 0. The first-order valence-corrected chi connectivity index (χ1v) is 7.38. The number of carbonyl (C=O) groups excluding carboxylic acids is 2. The van der Waals surface area contributed by atoms with Crippen LogP contribution < -0.4 is 0 Å². The molecule has 3 heteroatoms. The molecule has 0 radical (unpaired) electrons. The molecule has 114 valence electrons. The van der Waals surface area contributed by atoms with E-state index in [0.717, 1.165) is 0 Å². The lowest BCUT2D eigenvalue weighted by Crippen LogP contribution is -2.25. The third-order valence-corrected chi connectivity index (χ3v) is 3.53. The lowest BCUT2D eigenvalue weighted by molar-refractivity contribution is 0.0910. The Hall–Kier alpha value is -2.26. The van der Waals surface area contributed by atoms with Gasteiger partial charge in [-0.2, -0.15) is 0 Å². The SMILES string of the molecule is CC(CN(C)C)C(=O)c1cccc(C(=O)c2ccccc2)c1. The minimum Gasteiger partial charge on any atom is -0.309 e. The zero-order chi connectivity index (χ0) is 16.1. The first kappa shape index (κ1) is 16.1. The van der Waals surface area contributed by atoms with Crippen molar-refractivity contribution in [1.82, 2.24) is 4.90 Å². The molecule has 2 aromatic carbocycles. The zero-order valence-corrected chi connectivity index (χ0v) is 13.2. The van der Waals surface area contributed by atoms with Crippen LogP contribution >= 0.6 is 0 Å². The molecule has 2 aromatic rings. The molecule has 0 fully saturated rings. The predicted octanol–water partition coefficient (Wildman–Crippen LogP) is 3.30. The smallest absolute Gasteiger partial charge is 0.193 e. The summed E-state index contributed by atoms with van der Waals surface area (Å²) >= 11 is 0. The second kappa shape index (κ2) is 7.14. The van der Waals surface area contributed by atoms with Gasteiger partial charge in [0.2, 0.25) is 0 Å². The number of nitrogens with zero attached hydrogens (tertiary/aromatic N) is 1. The van der Waals surface area contributed by atoms with E-state index in [1.54, 1.807) is 36.4 Å². The van der Waals surface area contributed by atoms with Gasteiger partial charge in [0.05, 0.1) is 0 Å². The molecule has 0 aliphatic carbocycles. The number of rotatable bonds is 6. The summed E-state index contributed by atoms with van der Waals surface area (Å²) in [4.78, 5) is 26.9. The van der Waals surface area contributed by atoms with Crippen molar-refractivity contribution in [3.8, 4) is 0 Å². The number of carbonyl (C=O) groups is 2. The lowest BCUT2D eigenvalue weighted by atomic mass is 9.95. The molecule has 1 unspecified atom stereocenters. The highest BCUT2D eigenvalue weighted by atomic mass is 16.1. The molecule has 3 nitrogen and oxygen atoms in total. The highest BCUT2D eigenvalue weighted by Gasteiger charge is 2.17. The fourth-order valence-corrected chi connectivity index (χ4v) is 2.49. The van der Waals surface area contributed by atoms with Gasteiger partial charge in [0.25, 0.3) is 0 Å². The van der Waals surface area contributed by atoms with E-state index in [2.05, 4.69) is 0 Å². The third kappa shape index (κ3) is 3.89. The van der Waals surface area contributed by atoms with Crippen LogP contribution in [0.3, 0.4) is 0 Å². The summed E-state index contributed by atoms with van der Waals surface area (Å²) in [5, 5.41) is 0. The maximum absolute atomic E-state index is 12.5. The van der Waals surface area contributed by atoms with Crippen molar-refractivity contribution in [3.63, 3.8) is 0 Å². The molecule has 0 amide bonds. The molecule has 0 aliphatic rings. The normalized spacial score (nSPS) is 12.2. The van der Waals surface area contributed by atoms with Gasteiger partial charge < -0.3 is 4.90 Å². The average Bonchev–Trinajstić information content (AvgIpc) is 2.53. The van der Waals surface area contributed by atoms with E-state index < -0.39 is 0 Å². The molecule has 0 bridgehead atoms. The average molecular weight is 295 g/mol. The molecular weight excluding hydrogens is 274 g/mol. The Labute approximate surface area is 131 Å². The van der Waals surface area contributed by atoms with E-state index in [0.29, 0.717) is 23.2 Å². The summed E-state index contributed by atoms with van der Waals surface area (Å²) in [6.07, 6.45) is 0. The zero-order valence-electron chi connectivity index (χ0n) is 13.2. The first-order valence-electron chi connectivity index (χ1n) is 7.38. The topological polar surface area (TPSA) is 37.4 Å².